The summed E-state index contributed by atoms with van der Waals surface area (Å²) >= 11 is 0. The number of nitrogens with two attached hydrogens (primary N) is 1. The maximum absolute atomic E-state index is 13.3. The molecule has 2 atom stereocenters. The molecular formula is C28H36N2O5. The highest BCUT2D eigenvalue weighted by atomic mass is 16.6. The number of hydrogen-bond donors (Lipinski definition) is 1. The van der Waals surface area contributed by atoms with E-state index in [4.69, 9.17) is 15.2 Å². The Hall–Kier alpha value is -3.03. The zero-order valence-corrected chi connectivity index (χ0v) is 20.7. The van der Waals surface area contributed by atoms with Gasteiger partial charge in [0, 0.05) is 6.04 Å². The molecule has 7 nitrogen and oxygen atoms in total. The molecule has 0 heterocycles. The van der Waals surface area contributed by atoms with Crippen LogP contribution in [0.2, 0.25) is 0 Å². The van der Waals surface area contributed by atoms with Crippen molar-refractivity contribution in [3.63, 3.8) is 0 Å². The Morgan fingerprint density at radius 3 is 2.23 bits per heavy atom. The molecule has 188 valence electrons. The van der Waals surface area contributed by atoms with Crippen molar-refractivity contribution in [2.45, 2.75) is 70.5 Å². The number of rotatable bonds is 12. The van der Waals surface area contributed by atoms with Crippen LogP contribution >= 0.6 is 0 Å². The van der Waals surface area contributed by atoms with Gasteiger partial charge in [0.05, 0.1) is 13.2 Å². The van der Waals surface area contributed by atoms with Gasteiger partial charge in [0.1, 0.15) is 12.1 Å². The van der Waals surface area contributed by atoms with Crippen molar-refractivity contribution in [2.24, 2.45) is 5.73 Å². The van der Waals surface area contributed by atoms with Crippen LogP contribution in [0, 0.1) is 0 Å². The fourth-order valence-electron chi connectivity index (χ4n) is 4.43. The fraction of sp³-hybridized carbons (Fsp3) is 0.464. The maximum Gasteiger partial charge on any atom is 0.330 e. The highest BCUT2D eigenvalue weighted by molar-refractivity contribution is 5.89. The Labute approximate surface area is 207 Å². The number of ether oxygens (including phenoxy) is 2. The molecule has 0 amide bonds. The van der Waals surface area contributed by atoms with Crippen LogP contribution in [-0.4, -0.2) is 54.1 Å². The van der Waals surface area contributed by atoms with E-state index in [9.17, 15) is 14.4 Å². The second kappa shape index (κ2) is 13.2. The summed E-state index contributed by atoms with van der Waals surface area (Å²) in [5.41, 5.74) is 9.06. The van der Waals surface area contributed by atoms with Crippen molar-refractivity contribution in [3.05, 3.63) is 71.3 Å². The predicted octanol–water partition coefficient (Wildman–Crippen LogP) is 3.22. The van der Waals surface area contributed by atoms with Crippen LogP contribution in [0.1, 0.15) is 49.8 Å². The number of carbonyl (C=O) groups excluding carboxylic acids is 3. The van der Waals surface area contributed by atoms with Crippen LogP contribution in [0.25, 0.3) is 0 Å². The summed E-state index contributed by atoms with van der Waals surface area (Å²) < 4.78 is 10.6. The molecular weight excluding hydrogens is 444 g/mol. The molecule has 3 rings (SSSR count). The quantitative estimate of drug-likeness (QED) is 0.283. The summed E-state index contributed by atoms with van der Waals surface area (Å²) in [5.74, 6) is -1.85. The van der Waals surface area contributed by atoms with Crippen LogP contribution in [-0.2, 0) is 43.1 Å². The first kappa shape index (κ1) is 26.6. The van der Waals surface area contributed by atoms with Gasteiger partial charge in [0.15, 0.2) is 0 Å². The second-order valence-corrected chi connectivity index (χ2v) is 9.15. The Morgan fingerprint density at radius 1 is 1.00 bits per heavy atom. The lowest BCUT2D eigenvalue weighted by Crippen LogP contribution is -2.51. The van der Waals surface area contributed by atoms with Crippen molar-refractivity contribution in [2.75, 3.05) is 13.2 Å². The van der Waals surface area contributed by atoms with E-state index < -0.39 is 24.0 Å². The average molecular weight is 481 g/mol. The molecule has 0 spiro atoms. The molecule has 2 aromatic rings. The summed E-state index contributed by atoms with van der Waals surface area (Å²) in [6, 6.07) is 16.4. The Morgan fingerprint density at radius 2 is 1.63 bits per heavy atom. The Bertz CT molecular complexity index is 967. The first-order valence-corrected chi connectivity index (χ1v) is 12.4. The molecule has 0 saturated carbocycles. The summed E-state index contributed by atoms with van der Waals surface area (Å²) in [6.45, 7) is 3.64. The molecule has 1 aliphatic carbocycles. The smallest absolute Gasteiger partial charge is 0.330 e. The molecule has 0 saturated heterocycles. The zero-order chi connectivity index (χ0) is 25.2. The molecule has 35 heavy (non-hydrogen) atoms. The predicted molar refractivity (Wildman–Crippen MR) is 134 cm³/mol. The normalized spacial score (nSPS) is 14.9. The van der Waals surface area contributed by atoms with E-state index in [1.807, 2.05) is 54.3 Å². The van der Waals surface area contributed by atoms with Crippen LogP contribution < -0.4 is 5.73 Å². The maximum atomic E-state index is 13.3. The van der Waals surface area contributed by atoms with Crippen molar-refractivity contribution in [3.8, 4) is 0 Å². The molecule has 0 aromatic heterocycles. The van der Waals surface area contributed by atoms with Crippen LogP contribution in [0.5, 0.6) is 0 Å². The molecule has 1 aliphatic rings. The second-order valence-electron chi connectivity index (χ2n) is 9.15. The number of fused-ring (bicyclic) bond motifs is 1. The van der Waals surface area contributed by atoms with Gasteiger partial charge in [-0.3, -0.25) is 14.5 Å². The topological polar surface area (TPSA) is 98.9 Å². The number of nitrogens with zero attached hydrogens (tertiary/aromatic N) is 1. The first-order valence-electron chi connectivity index (χ1n) is 12.4. The summed E-state index contributed by atoms with van der Waals surface area (Å²) in [5, 5.41) is 0. The minimum atomic E-state index is -0.906. The number of carbonyl (C=O) groups is 3. The van der Waals surface area contributed by atoms with Crippen molar-refractivity contribution in [1.82, 2.24) is 4.90 Å². The number of hydrogen-bond acceptors (Lipinski definition) is 7. The molecule has 2 N–H and O–H groups in total. The minimum absolute atomic E-state index is 0.0927. The van der Waals surface area contributed by atoms with E-state index in [0.29, 0.717) is 32.3 Å². The van der Waals surface area contributed by atoms with Gasteiger partial charge in [-0.25, -0.2) is 4.79 Å². The van der Waals surface area contributed by atoms with Crippen LogP contribution in [0.15, 0.2) is 54.6 Å². The third kappa shape index (κ3) is 7.73. The summed E-state index contributed by atoms with van der Waals surface area (Å²) in [6.07, 6.45) is 4.23. The molecule has 1 unspecified atom stereocenters. The average Bonchev–Trinajstić information content (AvgIpc) is 3.28. The Kier molecular flexibility index (Phi) is 9.99. The van der Waals surface area contributed by atoms with Gasteiger partial charge in [0.2, 0.25) is 0 Å². The van der Waals surface area contributed by atoms with Crippen molar-refractivity contribution in [1.29, 1.82) is 0 Å². The molecule has 0 aliphatic heterocycles. The fourth-order valence-corrected chi connectivity index (χ4v) is 4.43. The summed E-state index contributed by atoms with van der Waals surface area (Å²) in [4.78, 5) is 39.9. The van der Waals surface area contributed by atoms with E-state index in [1.165, 1.54) is 18.1 Å². The number of benzene rings is 2. The van der Waals surface area contributed by atoms with E-state index in [2.05, 4.69) is 12.1 Å². The van der Waals surface area contributed by atoms with Crippen molar-refractivity contribution >= 4 is 17.9 Å². The molecule has 0 fully saturated rings. The lowest BCUT2D eigenvalue weighted by atomic mass is 10.0. The monoisotopic (exact) mass is 480 g/mol. The van der Waals surface area contributed by atoms with Gasteiger partial charge in [-0.2, -0.15) is 0 Å². The SMILES string of the molecule is CCCCOC(=O)C(CCc1ccccc1)N(CC(=O)OC(=O)[C@H](C)N)C1Cc2ccccc2C1. The number of unbranched alkanes of at least 4 members (excludes halogenated alkanes) is 1. The highest BCUT2D eigenvalue weighted by Gasteiger charge is 2.37. The lowest BCUT2D eigenvalue weighted by Gasteiger charge is -2.34. The van der Waals surface area contributed by atoms with Gasteiger partial charge >= 0.3 is 17.9 Å². The minimum Gasteiger partial charge on any atom is -0.465 e. The molecule has 0 radical (unpaired) electrons. The largest absolute Gasteiger partial charge is 0.465 e. The number of esters is 3. The van der Waals surface area contributed by atoms with Gasteiger partial charge < -0.3 is 15.2 Å². The highest BCUT2D eigenvalue weighted by Crippen LogP contribution is 2.28. The van der Waals surface area contributed by atoms with Gasteiger partial charge in [-0.1, -0.05) is 67.9 Å². The van der Waals surface area contributed by atoms with Gasteiger partial charge in [0.25, 0.3) is 0 Å². The molecule has 2 aromatic carbocycles. The first-order chi connectivity index (χ1) is 16.9. The van der Waals surface area contributed by atoms with E-state index in [0.717, 1.165) is 18.4 Å². The Balaban J connectivity index is 1.85. The van der Waals surface area contributed by atoms with E-state index in [-0.39, 0.29) is 18.6 Å². The third-order valence-electron chi connectivity index (χ3n) is 6.36. The van der Waals surface area contributed by atoms with Gasteiger partial charge in [-0.05, 0) is 55.7 Å². The summed E-state index contributed by atoms with van der Waals surface area (Å²) in [7, 11) is 0. The lowest BCUT2D eigenvalue weighted by molar-refractivity contribution is -0.163. The molecule has 0 bridgehead atoms. The van der Waals surface area contributed by atoms with E-state index >= 15 is 0 Å². The molecule has 7 heteroatoms. The number of aryl methyl sites for hydroxylation is 1. The van der Waals surface area contributed by atoms with E-state index in [1.54, 1.807) is 0 Å². The third-order valence-corrected chi connectivity index (χ3v) is 6.36. The van der Waals surface area contributed by atoms with Crippen LogP contribution in [0.4, 0.5) is 0 Å². The standard InChI is InChI=1S/C28H36N2O5/c1-3-4-16-34-28(33)25(15-14-21-10-6-5-7-11-21)30(19-26(31)35-27(32)20(2)29)24-17-22-12-8-9-13-23(22)18-24/h5-13,20,24-25H,3-4,14-19,29H2,1-2H3/t20-,25?/m0/s1. The van der Waals surface area contributed by atoms with Gasteiger partial charge in [-0.15, -0.1) is 0 Å². The van der Waals surface area contributed by atoms with Crippen molar-refractivity contribution < 1.29 is 23.9 Å². The zero-order valence-electron chi connectivity index (χ0n) is 20.7. The van der Waals surface area contributed by atoms with Crippen LogP contribution in [0.3, 0.4) is 0 Å².